The Bertz CT molecular complexity index is 930. The van der Waals surface area contributed by atoms with E-state index >= 15 is 0 Å². The van der Waals surface area contributed by atoms with Crippen LogP contribution in [0.4, 0.5) is 24.5 Å². The quantitative estimate of drug-likeness (QED) is 0.160. The van der Waals surface area contributed by atoms with E-state index in [9.17, 15) is 18.0 Å². The first kappa shape index (κ1) is 23.9. The molecular formula is C18H17F3IN3O5. The molecule has 0 aliphatic rings. The van der Waals surface area contributed by atoms with Gasteiger partial charge < -0.3 is 20.4 Å². The normalized spacial score (nSPS) is 11.0. The summed E-state index contributed by atoms with van der Waals surface area (Å²) in [5.41, 5.74) is 0.286. The van der Waals surface area contributed by atoms with Gasteiger partial charge in [0.15, 0.2) is 11.6 Å². The van der Waals surface area contributed by atoms with E-state index in [1.807, 2.05) is 28.1 Å². The van der Waals surface area contributed by atoms with Crippen LogP contribution in [0.1, 0.15) is 15.9 Å². The van der Waals surface area contributed by atoms with Gasteiger partial charge in [0, 0.05) is 9.13 Å². The van der Waals surface area contributed by atoms with Gasteiger partial charge in [0.1, 0.15) is 12.4 Å². The first-order valence-electron chi connectivity index (χ1n) is 8.42. The van der Waals surface area contributed by atoms with Crippen LogP contribution in [-0.2, 0) is 9.68 Å². The Morgan fingerprint density at radius 1 is 1.13 bits per heavy atom. The third-order valence-corrected chi connectivity index (χ3v) is 4.15. The largest absolute Gasteiger partial charge is 0.394 e. The van der Waals surface area contributed by atoms with Crippen LogP contribution in [0, 0.1) is 21.0 Å². The molecule has 0 atom stereocenters. The number of carbonyl (C=O) groups excluding carboxylic acids is 1. The lowest BCUT2D eigenvalue weighted by Gasteiger charge is -2.15. The Hall–Kier alpha value is -2.42. The fourth-order valence-electron chi connectivity index (χ4n) is 2.17. The Kier molecular flexibility index (Phi) is 9.29. The highest BCUT2D eigenvalue weighted by Gasteiger charge is 2.23. The Morgan fingerprint density at radius 2 is 1.87 bits per heavy atom. The molecule has 0 aliphatic carbocycles. The fraction of sp³-hybridized carbons (Fsp3) is 0.222. The highest BCUT2D eigenvalue weighted by molar-refractivity contribution is 14.1. The molecule has 2 aromatic rings. The second-order valence-corrected chi connectivity index (χ2v) is 6.81. The Balaban J connectivity index is 2.47. The number of oxime groups is 1. The zero-order valence-corrected chi connectivity index (χ0v) is 17.5. The molecule has 8 nitrogen and oxygen atoms in total. The number of nitrogens with zero attached hydrogens (tertiary/aromatic N) is 1. The van der Waals surface area contributed by atoms with Crippen LogP contribution < -0.4 is 10.8 Å². The topological polar surface area (TPSA) is 112 Å². The van der Waals surface area contributed by atoms with Crippen molar-refractivity contribution in [1.29, 1.82) is 0 Å². The summed E-state index contributed by atoms with van der Waals surface area (Å²) < 4.78 is 44.0. The van der Waals surface area contributed by atoms with Crippen molar-refractivity contribution in [2.45, 2.75) is 0 Å². The fourth-order valence-corrected chi connectivity index (χ4v) is 2.62. The van der Waals surface area contributed by atoms with Crippen LogP contribution in [0.5, 0.6) is 0 Å². The second-order valence-electron chi connectivity index (χ2n) is 5.56. The van der Waals surface area contributed by atoms with E-state index in [1.165, 1.54) is 18.2 Å². The second kappa shape index (κ2) is 11.7. The molecule has 0 unspecified atom stereocenters. The molecule has 30 heavy (non-hydrogen) atoms. The van der Waals surface area contributed by atoms with Crippen molar-refractivity contribution in [3.63, 3.8) is 0 Å². The maximum absolute atomic E-state index is 14.8. The summed E-state index contributed by atoms with van der Waals surface area (Å²) >= 11 is 1.88. The molecule has 2 aromatic carbocycles. The number of halogens is 4. The molecule has 4 N–H and O–H groups in total. The summed E-state index contributed by atoms with van der Waals surface area (Å²) in [5, 5.41) is 23.1. The molecular weight excluding hydrogens is 522 g/mol. The number of nitrogens with one attached hydrogen (secondary N) is 2. The smallest absolute Gasteiger partial charge is 0.277 e. The van der Waals surface area contributed by atoms with Gasteiger partial charge in [0.05, 0.1) is 43.0 Å². The number of aliphatic hydroxyl groups is 2. The van der Waals surface area contributed by atoms with Crippen LogP contribution in [0.25, 0.3) is 0 Å². The van der Waals surface area contributed by atoms with Crippen LogP contribution in [-0.4, -0.2) is 48.8 Å². The lowest BCUT2D eigenvalue weighted by atomic mass is 10.1. The molecule has 1 amide bonds. The Morgan fingerprint density at radius 3 is 2.53 bits per heavy atom. The van der Waals surface area contributed by atoms with Crippen LogP contribution in [0.15, 0.2) is 29.4 Å². The molecule has 0 saturated heterocycles. The molecule has 12 heteroatoms. The van der Waals surface area contributed by atoms with E-state index in [0.717, 1.165) is 12.3 Å². The number of aliphatic hydroxyl groups excluding tert-OH is 2. The minimum absolute atomic E-state index is 0.172. The third kappa shape index (κ3) is 6.29. The molecule has 0 radical (unpaired) electrons. The minimum Gasteiger partial charge on any atom is -0.394 e. The van der Waals surface area contributed by atoms with Crippen LogP contribution in [0.3, 0.4) is 0 Å². The molecule has 0 spiro atoms. The predicted molar refractivity (Wildman–Crippen MR) is 110 cm³/mol. The van der Waals surface area contributed by atoms with E-state index in [0.29, 0.717) is 3.57 Å². The number of hydroxylamine groups is 1. The predicted octanol–water partition coefficient (Wildman–Crippen LogP) is 2.45. The monoisotopic (exact) mass is 539 g/mol. The summed E-state index contributed by atoms with van der Waals surface area (Å²) in [4.78, 5) is 21.7. The van der Waals surface area contributed by atoms with Gasteiger partial charge in [-0.05, 0) is 46.9 Å². The number of anilines is 2. The third-order valence-electron chi connectivity index (χ3n) is 3.48. The van der Waals surface area contributed by atoms with Gasteiger partial charge in [0.25, 0.3) is 5.91 Å². The average molecular weight is 539 g/mol. The summed E-state index contributed by atoms with van der Waals surface area (Å²) in [5.74, 6) is -4.56. The van der Waals surface area contributed by atoms with Gasteiger partial charge in [-0.1, -0.05) is 5.16 Å². The van der Waals surface area contributed by atoms with Gasteiger partial charge in [-0.3, -0.25) is 9.63 Å². The van der Waals surface area contributed by atoms with Crippen LogP contribution >= 0.6 is 22.6 Å². The standard InChI is InChI=1S/C18H17F3IN3O5/c19-13-8-11(22)1-2-14(13)24-17-12(18(28)25-30-6-4-27)7-10(15(20)16(17)21)9-23-29-5-3-26/h1-2,7-9,24,26-27H,3-6H2,(H,25,28)/b23-9-. The van der Waals surface area contributed by atoms with E-state index in [4.69, 9.17) is 15.1 Å². The molecule has 162 valence electrons. The minimum atomic E-state index is -1.47. The first-order chi connectivity index (χ1) is 14.4. The first-order valence-corrected chi connectivity index (χ1v) is 9.50. The number of benzene rings is 2. The van der Waals surface area contributed by atoms with Crippen LogP contribution in [0.2, 0.25) is 0 Å². The number of hydrogen-bond donors (Lipinski definition) is 4. The molecule has 0 heterocycles. The van der Waals surface area contributed by atoms with Crippen molar-refractivity contribution < 1.29 is 37.9 Å². The van der Waals surface area contributed by atoms with E-state index in [-0.39, 0.29) is 25.5 Å². The van der Waals surface area contributed by atoms with Gasteiger partial charge in [-0.2, -0.15) is 0 Å². The van der Waals surface area contributed by atoms with Crippen molar-refractivity contribution in [3.8, 4) is 0 Å². The zero-order chi connectivity index (χ0) is 22.1. The molecule has 0 saturated carbocycles. The summed E-state index contributed by atoms with van der Waals surface area (Å²) in [6, 6.07) is 4.95. The summed E-state index contributed by atoms with van der Waals surface area (Å²) in [6.07, 6.45) is 0.814. The number of hydrogen-bond acceptors (Lipinski definition) is 7. The molecule has 0 aliphatic heterocycles. The summed E-state index contributed by atoms with van der Waals surface area (Å²) in [7, 11) is 0. The lowest BCUT2D eigenvalue weighted by Crippen LogP contribution is -2.26. The maximum atomic E-state index is 14.8. The highest BCUT2D eigenvalue weighted by atomic mass is 127. The van der Waals surface area contributed by atoms with Gasteiger partial charge in [-0.15, -0.1) is 0 Å². The molecule has 0 bridgehead atoms. The molecule has 0 aromatic heterocycles. The van der Waals surface area contributed by atoms with Crippen molar-refractivity contribution in [3.05, 3.63) is 56.4 Å². The maximum Gasteiger partial charge on any atom is 0.277 e. The Labute approximate surface area is 182 Å². The summed E-state index contributed by atoms with van der Waals surface area (Å²) in [6.45, 7) is -1.15. The molecule has 2 rings (SSSR count). The highest BCUT2D eigenvalue weighted by Crippen LogP contribution is 2.30. The lowest BCUT2D eigenvalue weighted by molar-refractivity contribution is 0.0168. The van der Waals surface area contributed by atoms with Gasteiger partial charge >= 0.3 is 0 Å². The van der Waals surface area contributed by atoms with Gasteiger partial charge in [0.2, 0.25) is 0 Å². The van der Waals surface area contributed by atoms with E-state index < -0.39 is 46.8 Å². The van der Waals surface area contributed by atoms with Crippen molar-refractivity contribution in [2.75, 3.05) is 31.7 Å². The van der Waals surface area contributed by atoms with Crippen molar-refractivity contribution >= 4 is 46.1 Å². The van der Waals surface area contributed by atoms with E-state index in [2.05, 4.69) is 15.3 Å². The van der Waals surface area contributed by atoms with Gasteiger partial charge in [-0.25, -0.2) is 18.7 Å². The van der Waals surface area contributed by atoms with Crippen molar-refractivity contribution in [1.82, 2.24) is 5.48 Å². The number of rotatable bonds is 10. The molecule has 0 fully saturated rings. The average Bonchev–Trinajstić information content (AvgIpc) is 2.72. The number of carbonyl (C=O) groups is 1. The SMILES string of the molecule is O=C(NOCCO)c1cc(/C=N\OCCO)c(F)c(F)c1Nc1ccc(I)cc1F. The number of amides is 1. The zero-order valence-electron chi connectivity index (χ0n) is 15.3. The van der Waals surface area contributed by atoms with E-state index in [1.54, 1.807) is 0 Å². The van der Waals surface area contributed by atoms with Crippen molar-refractivity contribution in [2.24, 2.45) is 5.16 Å².